The van der Waals surface area contributed by atoms with Gasteiger partial charge in [0.1, 0.15) is 17.0 Å². The van der Waals surface area contributed by atoms with Crippen molar-refractivity contribution in [2.45, 2.75) is 32.1 Å². The van der Waals surface area contributed by atoms with Gasteiger partial charge in [-0.05, 0) is 74.5 Å². The largest absolute Gasteiger partial charge is 0.350 e. The van der Waals surface area contributed by atoms with Gasteiger partial charge in [0, 0.05) is 32.9 Å². The topological polar surface area (TPSA) is 78.7 Å². The summed E-state index contributed by atoms with van der Waals surface area (Å²) >= 11 is 0. The maximum atomic E-state index is 13.1. The molecule has 2 amide bonds. The van der Waals surface area contributed by atoms with Crippen LogP contribution in [0.3, 0.4) is 0 Å². The van der Waals surface area contributed by atoms with E-state index in [0.29, 0.717) is 35.5 Å². The lowest BCUT2D eigenvalue weighted by Gasteiger charge is -2.33. The highest BCUT2D eigenvalue weighted by atomic mass is 16.2. The molecule has 2 atom stereocenters. The molecule has 0 spiro atoms. The second-order valence-corrected chi connectivity index (χ2v) is 9.69. The van der Waals surface area contributed by atoms with E-state index in [1.165, 1.54) is 32.1 Å². The summed E-state index contributed by atoms with van der Waals surface area (Å²) in [5.41, 5.74) is 1.83. The van der Waals surface area contributed by atoms with Crippen molar-refractivity contribution in [3.63, 3.8) is 0 Å². The van der Waals surface area contributed by atoms with Crippen LogP contribution in [0.2, 0.25) is 0 Å². The molecule has 4 fully saturated rings. The number of fused-ring (bicyclic) bond motifs is 1. The van der Waals surface area contributed by atoms with Crippen LogP contribution in [0, 0.1) is 23.2 Å². The maximum Gasteiger partial charge on any atom is 0.273 e. The SMILES string of the molecule is CNCCN(C)C(=O)c1cn2c(C(=O)NCC34CC5CC(CC3C5)C4)cccc2n1. The lowest BCUT2D eigenvalue weighted by molar-refractivity contribution is 0.0791. The van der Waals surface area contributed by atoms with Crippen molar-refractivity contribution in [2.75, 3.05) is 33.7 Å². The van der Waals surface area contributed by atoms with E-state index >= 15 is 0 Å². The van der Waals surface area contributed by atoms with E-state index in [0.717, 1.165) is 24.3 Å². The van der Waals surface area contributed by atoms with Gasteiger partial charge in [0.15, 0.2) is 0 Å². The van der Waals surface area contributed by atoms with Crippen molar-refractivity contribution >= 4 is 17.5 Å². The summed E-state index contributed by atoms with van der Waals surface area (Å²) in [6, 6.07) is 5.47. The van der Waals surface area contributed by atoms with Gasteiger partial charge in [0.25, 0.3) is 11.8 Å². The first kappa shape index (κ1) is 19.5. The van der Waals surface area contributed by atoms with Crippen LogP contribution in [0.1, 0.15) is 53.1 Å². The van der Waals surface area contributed by atoms with Crippen LogP contribution in [0.4, 0.5) is 0 Å². The fraction of sp³-hybridized carbons (Fsp3) is 0.609. The van der Waals surface area contributed by atoms with Gasteiger partial charge in [-0.15, -0.1) is 0 Å². The van der Waals surface area contributed by atoms with Crippen molar-refractivity contribution in [1.82, 2.24) is 24.9 Å². The van der Waals surface area contributed by atoms with Crippen LogP contribution >= 0.6 is 0 Å². The molecule has 4 aliphatic rings. The summed E-state index contributed by atoms with van der Waals surface area (Å²) in [5.74, 6) is 2.33. The van der Waals surface area contributed by atoms with Gasteiger partial charge in [-0.3, -0.25) is 14.0 Å². The standard InChI is InChI=1S/C23H31N5O2/c1-24-6-7-27(2)22(30)18-13-28-19(4-3-5-20(28)26-18)21(29)25-14-23-11-15-8-16(12-23)10-17(23)9-15/h3-5,13,15-17,24H,6-12,14H2,1-2H3,(H,25,29). The number of amides is 2. The van der Waals surface area contributed by atoms with Crippen LogP contribution in [-0.2, 0) is 0 Å². The van der Waals surface area contributed by atoms with E-state index in [1.807, 2.05) is 19.2 Å². The Morgan fingerprint density at radius 3 is 2.73 bits per heavy atom. The molecule has 4 aliphatic carbocycles. The van der Waals surface area contributed by atoms with Gasteiger partial charge in [-0.25, -0.2) is 4.98 Å². The molecule has 7 heteroatoms. The number of rotatable bonds is 7. The van der Waals surface area contributed by atoms with E-state index in [2.05, 4.69) is 15.6 Å². The average molecular weight is 410 g/mol. The van der Waals surface area contributed by atoms with E-state index in [4.69, 9.17) is 0 Å². The number of nitrogens with zero attached hydrogens (tertiary/aromatic N) is 3. The number of nitrogens with one attached hydrogen (secondary N) is 2. The molecule has 2 aromatic rings. The van der Waals surface area contributed by atoms with Crippen LogP contribution < -0.4 is 10.6 Å². The van der Waals surface area contributed by atoms with Crippen LogP contribution in [0.5, 0.6) is 0 Å². The molecule has 4 saturated carbocycles. The monoisotopic (exact) mass is 409 g/mol. The number of hydrogen-bond donors (Lipinski definition) is 2. The zero-order valence-electron chi connectivity index (χ0n) is 17.9. The molecule has 2 N–H and O–H groups in total. The van der Waals surface area contributed by atoms with Crippen LogP contribution in [0.15, 0.2) is 24.4 Å². The predicted molar refractivity (Wildman–Crippen MR) is 114 cm³/mol. The van der Waals surface area contributed by atoms with E-state index in [-0.39, 0.29) is 11.8 Å². The molecule has 0 aromatic carbocycles. The zero-order chi connectivity index (χ0) is 20.9. The smallest absolute Gasteiger partial charge is 0.273 e. The van der Waals surface area contributed by atoms with Crippen molar-refractivity contribution in [2.24, 2.45) is 23.2 Å². The minimum atomic E-state index is -0.141. The van der Waals surface area contributed by atoms with E-state index < -0.39 is 0 Å². The summed E-state index contributed by atoms with van der Waals surface area (Å²) in [6.07, 6.45) is 8.36. The van der Waals surface area contributed by atoms with Crippen molar-refractivity contribution in [1.29, 1.82) is 0 Å². The first-order chi connectivity index (χ1) is 14.5. The van der Waals surface area contributed by atoms with Gasteiger partial charge in [-0.2, -0.15) is 0 Å². The fourth-order valence-corrected chi connectivity index (χ4v) is 6.48. The number of pyridine rings is 1. The molecule has 160 valence electrons. The lowest BCUT2D eigenvalue weighted by atomic mass is 9.75. The molecule has 2 heterocycles. The summed E-state index contributed by atoms with van der Waals surface area (Å²) in [4.78, 5) is 31.9. The van der Waals surface area contributed by atoms with Gasteiger partial charge in [-0.1, -0.05) is 6.07 Å². The normalized spacial score (nSPS) is 28.9. The van der Waals surface area contributed by atoms with Crippen LogP contribution in [0.25, 0.3) is 5.65 Å². The fourth-order valence-electron chi connectivity index (χ4n) is 6.48. The van der Waals surface area contributed by atoms with Gasteiger partial charge in [0.2, 0.25) is 0 Å². The molecule has 30 heavy (non-hydrogen) atoms. The average Bonchev–Trinajstić information content (AvgIpc) is 3.35. The van der Waals surface area contributed by atoms with Crippen molar-refractivity contribution < 1.29 is 9.59 Å². The number of imidazole rings is 1. The second kappa shape index (κ2) is 7.38. The molecular weight excluding hydrogens is 378 g/mol. The summed E-state index contributed by atoms with van der Waals surface area (Å²) < 4.78 is 1.74. The lowest BCUT2D eigenvalue weighted by Crippen LogP contribution is -2.39. The Hall–Kier alpha value is -2.41. The van der Waals surface area contributed by atoms with E-state index in [1.54, 1.807) is 28.6 Å². The third kappa shape index (κ3) is 3.20. The summed E-state index contributed by atoms with van der Waals surface area (Å²) in [5, 5.41) is 6.28. The number of carbonyl (C=O) groups excluding carboxylic acids is 2. The van der Waals surface area contributed by atoms with Crippen LogP contribution in [-0.4, -0.2) is 59.8 Å². The first-order valence-electron chi connectivity index (χ1n) is 11.2. The Kier molecular flexibility index (Phi) is 4.81. The summed E-state index contributed by atoms with van der Waals surface area (Å²) in [6.45, 7) is 2.09. The highest BCUT2D eigenvalue weighted by Crippen LogP contribution is 2.65. The number of carbonyl (C=O) groups is 2. The highest BCUT2D eigenvalue weighted by molar-refractivity contribution is 5.95. The zero-order valence-corrected chi connectivity index (χ0v) is 17.9. The van der Waals surface area contributed by atoms with Gasteiger partial charge in [0.05, 0.1) is 0 Å². The van der Waals surface area contributed by atoms with Gasteiger partial charge >= 0.3 is 0 Å². The molecule has 4 bridgehead atoms. The molecule has 0 aliphatic heterocycles. The first-order valence-corrected chi connectivity index (χ1v) is 11.2. The Bertz CT molecular complexity index is 969. The number of hydrogen-bond acceptors (Lipinski definition) is 4. The highest BCUT2D eigenvalue weighted by Gasteiger charge is 2.57. The molecule has 2 aromatic heterocycles. The number of likely N-dealkylation sites (N-methyl/N-ethyl adjacent to an activating group) is 2. The maximum absolute atomic E-state index is 13.1. The quantitative estimate of drug-likeness (QED) is 0.735. The minimum Gasteiger partial charge on any atom is -0.350 e. The molecule has 7 nitrogen and oxygen atoms in total. The molecule has 2 unspecified atom stereocenters. The Balaban J connectivity index is 1.32. The third-order valence-electron chi connectivity index (χ3n) is 7.75. The Morgan fingerprint density at radius 1 is 1.23 bits per heavy atom. The molecular formula is C23H31N5O2. The molecule has 0 saturated heterocycles. The minimum absolute atomic E-state index is 0.0823. The van der Waals surface area contributed by atoms with Crippen molar-refractivity contribution in [3.8, 4) is 0 Å². The van der Waals surface area contributed by atoms with Gasteiger partial charge < -0.3 is 15.5 Å². The van der Waals surface area contributed by atoms with Crippen molar-refractivity contribution in [3.05, 3.63) is 35.8 Å². The Labute approximate surface area is 177 Å². The predicted octanol–water partition coefficient (Wildman–Crippen LogP) is 2.18. The second-order valence-electron chi connectivity index (χ2n) is 9.69. The molecule has 6 rings (SSSR count). The number of aromatic nitrogens is 2. The third-order valence-corrected chi connectivity index (χ3v) is 7.75. The van der Waals surface area contributed by atoms with E-state index in [9.17, 15) is 9.59 Å². The molecule has 0 radical (unpaired) electrons. The Morgan fingerprint density at radius 2 is 2.00 bits per heavy atom. The summed E-state index contributed by atoms with van der Waals surface area (Å²) in [7, 11) is 3.62.